The van der Waals surface area contributed by atoms with E-state index in [0.29, 0.717) is 0 Å². The van der Waals surface area contributed by atoms with Gasteiger partial charge in [-0.05, 0) is 98.6 Å². The molecule has 284 valence electrons. The van der Waals surface area contributed by atoms with Crippen LogP contribution in [-0.2, 0) is 5.41 Å². The Balaban J connectivity index is 1.06. The highest BCUT2D eigenvalue weighted by Crippen LogP contribution is 2.55. The van der Waals surface area contributed by atoms with Gasteiger partial charge in [-0.2, -0.15) is 0 Å². The van der Waals surface area contributed by atoms with Crippen LogP contribution in [0.4, 0.5) is 17.1 Å². The first-order valence-electron chi connectivity index (χ1n) is 20.7. The molecule has 3 heteroatoms. The van der Waals surface area contributed by atoms with Crippen LogP contribution in [0.15, 0.2) is 205 Å². The van der Waals surface area contributed by atoms with Crippen LogP contribution in [-0.4, -0.2) is 0 Å². The minimum Gasteiger partial charge on any atom is -0.455 e. The smallest absolute Gasteiger partial charge is 0.159 e. The maximum absolute atomic E-state index is 7.30. The zero-order valence-electron chi connectivity index (χ0n) is 33.3. The highest BCUT2D eigenvalue weighted by Gasteiger charge is 2.36. The summed E-state index contributed by atoms with van der Waals surface area (Å²) >= 11 is 0. The average molecular weight is 770 g/mol. The van der Waals surface area contributed by atoms with Crippen LogP contribution in [0.25, 0.3) is 77.6 Å². The van der Waals surface area contributed by atoms with Crippen LogP contribution >= 0.6 is 0 Å². The van der Waals surface area contributed by atoms with Crippen LogP contribution in [0, 0.1) is 0 Å². The predicted octanol–water partition coefficient (Wildman–Crippen LogP) is 16.1. The van der Waals surface area contributed by atoms with Gasteiger partial charge in [-0.1, -0.05) is 166 Å². The van der Waals surface area contributed by atoms with Gasteiger partial charge in [0.25, 0.3) is 0 Å². The molecule has 10 aromatic rings. The Bertz CT molecular complexity index is 3320. The van der Waals surface area contributed by atoms with Gasteiger partial charge in [-0.15, -0.1) is 0 Å². The van der Waals surface area contributed by atoms with Crippen molar-refractivity contribution in [1.29, 1.82) is 0 Å². The molecule has 0 saturated heterocycles. The summed E-state index contributed by atoms with van der Waals surface area (Å²) in [5, 5.41) is 2.25. The molecule has 12 rings (SSSR count). The number of hydrogen-bond donors (Lipinski definition) is 0. The van der Waals surface area contributed by atoms with Crippen molar-refractivity contribution >= 4 is 39.0 Å². The maximum Gasteiger partial charge on any atom is 0.159 e. The molecule has 0 bridgehead atoms. The fraction of sp³-hybridized carbons (Fsp3) is 0.0526. The van der Waals surface area contributed by atoms with Crippen molar-refractivity contribution in [1.82, 2.24) is 0 Å². The first-order chi connectivity index (χ1) is 29.5. The number of ether oxygens (including phenoxy) is 1. The van der Waals surface area contributed by atoms with Crippen molar-refractivity contribution in [3.63, 3.8) is 0 Å². The molecule has 9 aromatic carbocycles. The standard InChI is InChI=1S/C57H39NO2/c1-57(2)50-23-10-8-18-44(50)45-33-31-40(35-51(45)57)58(39-29-26-37(27-30-39)41-20-12-21-49-46-19-9-11-25-53(46)59-55(41)49)52-24-13-22-48-43-17-7-6-16-42(43)47-32-28-38(34-54(47)60-56(48)52)36-14-4-3-5-15-36/h3-35H,1-2H3. The number of furan rings is 1. The van der Waals surface area contributed by atoms with Crippen molar-refractivity contribution in [3.05, 3.63) is 211 Å². The average Bonchev–Trinajstić information content (AvgIpc) is 3.74. The van der Waals surface area contributed by atoms with E-state index in [1.807, 2.05) is 12.1 Å². The molecular formula is C57H39NO2. The van der Waals surface area contributed by atoms with Crippen molar-refractivity contribution < 1.29 is 9.15 Å². The molecule has 0 unspecified atom stereocenters. The summed E-state index contributed by atoms with van der Waals surface area (Å²) in [6.45, 7) is 4.68. The van der Waals surface area contributed by atoms with E-state index in [4.69, 9.17) is 9.15 Å². The number of benzene rings is 9. The second-order valence-corrected chi connectivity index (χ2v) is 16.4. The lowest BCUT2D eigenvalue weighted by Crippen LogP contribution is -2.17. The lowest BCUT2D eigenvalue weighted by Gasteiger charge is -2.30. The van der Waals surface area contributed by atoms with Gasteiger partial charge in [0.05, 0.1) is 5.69 Å². The first-order valence-corrected chi connectivity index (χ1v) is 20.7. The van der Waals surface area contributed by atoms with Crippen LogP contribution in [0.2, 0.25) is 0 Å². The molecular weight excluding hydrogens is 731 g/mol. The number of fused-ring (bicyclic) bond motifs is 11. The third-order valence-corrected chi connectivity index (χ3v) is 12.7. The van der Waals surface area contributed by atoms with Gasteiger partial charge in [0, 0.05) is 44.3 Å². The Morgan fingerprint density at radius 2 is 1.02 bits per heavy atom. The Kier molecular flexibility index (Phi) is 7.58. The number of para-hydroxylation sites is 3. The number of nitrogens with zero attached hydrogens (tertiary/aromatic N) is 1. The number of rotatable bonds is 5. The van der Waals surface area contributed by atoms with E-state index in [1.54, 1.807) is 0 Å². The van der Waals surface area contributed by atoms with Gasteiger partial charge < -0.3 is 14.1 Å². The molecule has 0 spiro atoms. The number of hydrogen-bond acceptors (Lipinski definition) is 3. The lowest BCUT2D eigenvalue weighted by molar-refractivity contribution is 0.489. The van der Waals surface area contributed by atoms with Gasteiger partial charge in [0.15, 0.2) is 5.75 Å². The largest absolute Gasteiger partial charge is 0.455 e. The molecule has 3 nitrogen and oxygen atoms in total. The number of anilines is 3. The van der Waals surface area contributed by atoms with Crippen molar-refractivity contribution in [2.75, 3.05) is 4.90 Å². The summed E-state index contributed by atoms with van der Waals surface area (Å²) in [4.78, 5) is 2.37. The summed E-state index contributed by atoms with van der Waals surface area (Å²) in [5.74, 6) is 1.64. The van der Waals surface area contributed by atoms with Gasteiger partial charge in [0.2, 0.25) is 0 Å². The van der Waals surface area contributed by atoms with E-state index in [0.717, 1.165) is 95.0 Å². The summed E-state index contributed by atoms with van der Waals surface area (Å²) in [6.07, 6.45) is 0. The molecule has 1 aliphatic carbocycles. The van der Waals surface area contributed by atoms with E-state index in [9.17, 15) is 0 Å². The fourth-order valence-corrected chi connectivity index (χ4v) is 9.75. The van der Waals surface area contributed by atoms with Crippen molar-refractivity contribution in [2.45, 2.75) is 19.3 Å². The zero-order chi connectivity index (χ0) is 40.0. The molecule has 0 radical (unpaired) electrons. The van der Waals surface area contributed by atoms with E-state index in [2.05, 4.69) is 207 Å². The summed E-state index contributed by atoms with van der Waals surface area (Å²) in [6, 6.07) is 71.8. The SMILES string of the molecule is CC1(C)c2ccccc2-c2ccc(N(c3ccc(-c4cccc5c4oc4ccccc45)cc3)c3cccc4c3Oc3cc(-c5ccccc5)ccc3-c3ccccc3-4)cc21. The third kappa shape index (κ3) is 5.22. The molecule has 2 heterocycles. The van der Waals surface area contributed by atoms with Crippen LogP contribution < -0.4 is 9.64 Å². The molecule has 1 aromatic heterocycles. The quantitative estimate of drug-likeness (QED) is 0.174. The molecule has 60 heavy (non-hydrogen) atoms. The minimum atomic E-state index is -0.168. The maximum atomic E-state index is 7.30. The summed E-state index contributed by atoms with van der Waals surface area (Å²) < 4.78 is 13.8. The Morgan fingerprint density at radius 1 is 0.400 bits per heavy atom. The Labute approximate surface area is 349 Å². The van der Waals surface area contributed by atoms with E-state index < -0.39 is 0 Å². The first kappa shape index (κ1) is 34.4. The Morgan fingerprint density at radius 3 is 1.87 bits per heavy atom. The van der Waals surface area contributed by atoms with E-state index >= 15 is 0 Å². The summed E-state index contributed by atoms with van der Waals surface area (Å²) in [7, 11) is 0. The van der Waals surface area contributed by atoms with Crippen LogP contribution in [0.5, 0.6) is 11.5 Å². The highest BCUT2D eigenvalue weighted by atomic mass is 16.5. The molecule has 2 aliphatic rings. The fourth-order valence-electron chi connectivity index (χ4n) is 9.75. The molecule has 0 saturated carbocycles. The normalized spacial score (nSPS) is 13.1. The predicted molar refractivity (Wildman–Crippen MR) is 248 cm³/mol. The van der Waals surface area contributed by atoms with E-state index in [-0.39, 0.29) is 5.41 Å². The minimum absolute atomic E-state index is 0.168. The van der Waals surface area contributed by atoms with Gasteiger partial charge in [0.1, 0.15) is 16.9 Å². The molecule has 0 amide bonds. The lowest BCUT2D eigenvalue weighted by atomic mass is 9.82. The van der Waals surface area contributed by atoms with Crippen LogP contribution in [0.3, 0.4) is 0 Å². The molecule has 0 atom stereocenters. The van der Waals surface area contributed by atoms with Gasteiger partial charge in [-0.3, -0.25) is 0 Å². The highest BCUT2D eigenvalue weighted by molar-refractivity contribution is 6.09. The monoisotopic (exact) mass is 769 g/mol. The van der Waals surface area contributed by atoms with Gasteiger partial charge in [-0.25, -0.2) is 0 Å². The molecule has 1 aliphatic heterocycles. The zero-order valence-corrected chi connectivity index (χ0v) is 33.3. The molecule has 0 N–H and O–H groups in total. The second kappa shape index (κ2) is 13.2. The van der Waals surface area contributed by atoms with E-state index in [1.165, 1.54) is 22.3 Å². The Hall–Kier alpha value is -7.62. The summed E-state index contributed by atoms with van der Waals surface area (Å²) in [5.41, 5.74) is 18.8. The van der Waals surface area contributed by atoms with Gasteiger partial charge >= 0.3 is 0 Å². The third-order valence-electron chi connectivity index (χ3n) is 12.7. The van der Waals surface area contributed by atoms with Crippen LogP contribution in [0.1, 0.15) is 25.0 Å². The topological polar surface area (TPSA) is 25.6 Å². The molecule has 0 fully saturated rings. The van der Waals surface area contributed by atoms with Crippen molar-refractivity contribution in [2.24, 2.45) is 0 Å². The second-order valence-electron chi connectivity index (χ2n) is 16.4. The van der Waals surface area contributed by atoms with Crippen molar-refractivity contribution in [3.8, 4) is 67.1 Å².